The van der Waals surface area contributed by atoms with Gasteiger partial charge in [0.15, 0.2) is 0 Å². The molecule has 1 fully saturated rings. The van der Waals surface area contributed by atoms with Crippen molar-refractivity contribution in [3.63, 3.8) is 0 Å². The lowest BCUT2D eigenvalue weighted by Crippen LogP contribution is -2.47. The highest BCUT2D eigenvalue weighted by atomic mass is 35.5. The average Bonchev–Trinajstić information content (AvgIpc) is 2.32. The summed E-state index contributed by atoms with van der Waals surface area (Å²) in [5, 5.41) is 5.84. The van der Waals surface area contributed by atoms with Gasteiger partial charge in [-0.1, -0.05) is 11.6 Å². The molecule has 2 heterocycles. The first-order chi connectivity index (χ1) is 8.15. The monoisotopic (exact) mass is 253 g/mol. The molecule has 1 saturated heterocycles. The van der Waals surface area contributed by atoms with E-state index in [0.717, 1.165) is 0 Å². The fourth-order valence-electron chi connectivity index (χ4n) is 1.67. The van der Waals surface area contributed by atoms with Gasteiger partial charge in [0, 0.05) is 30.8 Å². The molecule has 2 N–H and O–H groups in total. The largest absolute Gasteiger partial charge is 0.354 e. The van der Waals surface area contributed by atoms with Crippen LogP contribution in [-0.2, 0) is 4.79 Å². The zero-order valence-corrected chi connectivity index (χ0v) is 9.83. The summed E-state index contributed by atoms with van der Waals surface area (Å²) in [4.78, 5) is 26.6. The van der Waals surface area contributed by atoms with E-state index in [1.807, 2.05) is 0 Å². The topological polar surface area (TPSA) is 71.1 Å². The Morgan fingerprint density at radius 2 is 2.41 bits per heavy atom. The molecule has 1 aliphatic rings. The maximum atomic E-state index is 11.8. The zero-order valence-electron chi connectivity index (χ0n) is 9.07. The number of hydrogen-bond acceptors (Lipinski definition) is 3. The van der Waals surface area contributed by atoms with E-state index < -0.39 is 0 Å². The van der Waals surface area contributed by atoms with Crippen molar-refractivity contribution in [2.24, 2.45) is 0 Å². The zero-order chi connectivity index (χ0) is 12.3. The molecule has 1 aromatic heterocycles. The van der Waals surface area contributed by atoms with E-state index in [-0.39, 0.29) is 23.0 Å². The van der Waals surface area contributed by atoms with Crippen molar-refractivity contribution in [2.45, 2.75) is 18.9 Å². The summed E-state index contributed by atoms with van der Waals surface area (Å²) in [5.74, 6) is -0.169. The third kappa shape index (κ3) is 3.17. The normalized spacial score (nSPS) is 19.6. The van der Waals surface area contributed by atoms with Gasteiger partial charge < -0.3 is 10.6 Å². The van der Waals surface area contributed by atoms with Gasteiger partial charge in [0.25, 0.3) is 5.91 Å². The minimum Gasteiger partial charge on any atom is -0.354 e. The second-order valence-corrected chi connectivity index (χ2v) is 4.27. The first kappa shape index (κ1) is 11.9. The molecule has 17 heavy (non-hydrogen) atoms. The molecule has 0 saturated carbocycles. The van der Waals surface area contributed by atoms with Crippen LogP contribution < -0.4 is 10.6 Å². The number of carbonyl (C=O) groups is 2. The molecule has 0 aromatic carbocycles. The summed E-state index contributed by atoms with van der Waals surface area (Å²) in [7, 11) is 0. The molecule has 5 nitrogen and oxygen atoms in total. The smallest absolute Gasteiger partial charge is 0.251 e. The number of hydrogen-bond donors (Lipinski definition) is 2. The van der Waals surface area contributed by atoms with Gasteiger partial charge in [-0.05, 0) is 18.6 Å². The molecule has 90 valence electrons. The van der Waals surface area contributed by atoms with Gasteiger partial charge in [0.1, 0.15) is 5.15 Å². The van der Waals surface area contributed by atoms with Crippen LogP contribution in [0.4, 0.5) is 0 Å². The van der Waals surface area contributed by atoms with E-state index in [1.165, 1.54) is 12.3 Å². The predicted molar refractivity (Wildman–Crippen MR) is 62.7 cm³/mol. The van der Waals surface area contributed by atoms with E-state index in [2.05, 4.69) is 15.6 Å². The van der Waals surface area contributed by atoms with Crippen LogP contribution in [-0.4, -0.2) is 29.4 Å². The summed E-state index contributed by atoms with van der Waals surface area (Å²) in [5.41, 5.74) is 0.474. The van der Waals surface area contributed by atoms with Crippen molar-refractivity contribution in [1.82, 2.24) is 15.6 Å². The van der Waals surface area contributed by atoms with Crippen molar-refractivity contribution in [2.75, 3.05) is 6.54 Å². The van der Waals surface area contributed by atoms with E-state index in [9.17, 15) is 9.59 Å². The molecule has 2 rings (SSSR count). The Hall–Kier alpha value is -1.62. The van der Waals surface area contributed by atoms with Gasteiger partial charge in [-0.3, -0.25) is 9.59 Å². The van der Waals surface area contributed by atoms with Crippen molar-refractivity contribution in [3.05, 3.63) is 29.0 Å². The number of rotatable bonds is 2. The maximum Gasteiger partial charge on any atom is 0.251 e. The third-order valence-corrected chi connectivity index (χ3v) is 2.80. The molecule has 6 heteroatoms. The number of nitrogens with zero attached hydrogens (tertiary/aromatic N) is 1. The van der Waals surface area contributed by atoms with Crippen LogP contribution in [0.5, 0.6) is 0 Å². The van der Waals surface area contributed by atoms with Crippen LogP contribution in [0.3, 0.4) is 0 Å². The Kier molecular flexibility index (Phi) is 3.58. The van der Waals surface area contributed by atoms with Crippen LogP contribution in [0.25, 0.3) is 0 Å². The first-order valence-electron chi connectivity index (χ1n) is 5.34. The number of nitrogens with one attached hydrogen (secondary N) is 2. The number of amides is 2. The Morgan fingerprint density at radius 1 is 1.59 bits per heavy atom. The minimum absolute atomic E-state index is 0.0212. The van der Waals surface area contributed by atoms with Crippen molar-refractivity contribution >= 4 is 23.4 Å². The molecule has 0 spiro atoms. The first-order valence-corrected chi connectivity index (χ1v) is 5.72. The van der Waals surface area contributed by atoms with Crippen LogP contribution in [0, 0.1) is 0 Å². The summed E-state index contributed by atoms with van der Waals surface area (Å²) < 4.78 is 0. The Balaban J connectivity index is 1.95. The second kappa shape index (κ2) is 5.14. The van der Waals surface area contributed by atoms with Crippen molar-refractivity contribution in [3.8, 4) is 0 Å². The highest BCUT2D eigenvalue weighted by Gasteiger charge is 2.20. The highest BCUT2D eigenvalue weighted by Crippen LogP contribution is 2.08. The van der Waals surface area contributed by atoms with Gasteiger partial charge in [-0.25, -0.2) is 4.98 Å². The molecule has 1 atom stereocenters. The molecule has 1 unspecified atom stereocenters. The van der Waals surface area contributed by atoms with Crippen LogP contribution in [0.2, 0.25) is 5.15 Å². The SMILES string of the molecule is O=C1CCC(NC(=O)c2ccnc(Cl)c2)CN1. The molecule has 0 radical (unpaired) electrons. The summed E-state index contributed by atoms with van der Waals surface area (Å²) in [6.45, 7) is 0.476. The average molecular weight is 254 g/mol. The Bertz CT molecular complexity index is 440. The number of carbonyl (C=O) groups excluding carboxylic acids is 2. The quantitative estimate of drug-likeness (QED) is 0.764. The number of piperidine rings is 1. The highest BCUT2D eigenvalue weighted by molar-refractivity contribution is 6.29. The van der Waals surface area contributed by atoms with Gasteiger partial charge in [-0.15, -0.1) is 0 Å². The molecule has 1 aliphatic heterocycles. The third-order valence-electron chi connectivity index (χ3n) is 2.59. The predicted octanol–water partition coefficient (Wildman–Crippen LogP) is 0.743. The van der Waals surface area contributed by atoms with Crippen molar-refractivity contribution < 1.29 is 9.59 Å². The molecule has 1 aromatic rings. The van der Waals surface area contributed by atoms with E-state index >= 15 is 0 Å². The summed E-state index contributed by atoms with van der Waals surface area (Å²) in [6.07, 6.45) is 2.60. The van der Waals surface area contributed by atoms with Gasteiger partial charge in [0.05, 0.1) is 0 Å². The fourth-order valence-corrected chi connectivity index (χ4v) is 1.84. The van der Waals surface area contributed by atoms with Gasteiger partial charge in [0.2, 0.25) is 5.91 Å². The fraction of sp³-hybridized carbons (Fsp3) is 0.364. The summed E-state index contributed by atoms with van der Waals surface area (Å²) >= 11 is 5.70. The van der Waals surface area contributed by atoms with Crippen LogP contribution in [0.1, 0.15) is 23.2 Å². The molecular formula is C11H12ClN3O2. The minimum atomic E-state index is -0.199. The maximum absolute atomic E-state index is 11.8. The van der Waals surface area contributed by atoms with Crippen LogP contribution in [0.15, 0.2) is 18.3 Å². The lowest BCUT2D eigenvalue weighted by molar-refractivity contribution is -0.122. The van der Waals surface area contributed by atoms with Crippen molar-refractivity contribution in [1.29, 1.82) is 0 Å². The number of halogens is 1. The van der Waals surface area contributed by atoms with E-state index in [0.29, 0.717) is 24.9 Å². The summed E-state index contributed by atoms with van der Waals surface area (Å²) in [6, 6.07) is 3.09. The van der Waals surface area contributed by atoms with Gasteiger partial charge >= 0.3 is 0 Å². The second-order valence-electron chi connectivity index (χ2n) is 3.88. The van der Waals surface area contributed by atoms with Crippen LogP contribution >= 0.6 is 11.6 Å². The van der Waals surface area contributed by atoms with E-state index in [4.69, 9.17) is 11.6 Å². The number of aromatic nitrogens is 1. The van der Waals surface area contributed by atoms with Gasteiger partial charge in [-0.2, -0.15) is 0 Å². The lowest BCUT2D eigenvalue weighted by Gasteiger charge is -2.23. The molecule has 0 bridgehead atoms. The van der Waals surface area contributed by atoms with E-state index in [1.54, 1.807) is 6.07 Å². The molecule has 2 amide bonds. The number of pyridine rings is 1. The standard InChI is InChI=1S/C11H12ClN3O2/c12-9-5-7(3-4-13-9)11(17)15-8-1-2-10(16)14-6-8/h3-5,8H,1-2,6H2,(H,14,16)(H,15,17). The Morgan fingerprint density at radius 3 is 3.06 bits per heavy atom. The Labute approximate surface area is 104 Å². The lowest BCUT2D eigenvalue weighted by atomic mass is 10.1. The molecular weight excluding hydrogens is 242 g/mol. The molecule has 0 aliphatic carbocycles.